The SMILES string of the molecule is CCC(C(=O)N1CCC(NC(=O)NCCC(=O)O)CC1)c1ccccc1. The van der Waals surface area contributed by atoms with Crippen LogP contribution in [0.15, 0.2) is 30.3 Å². The molecule has 0 saturated carbocycles. The summed E-state index contributed by atoms with van der Waals surface area (Å²) in [7, 11) is 0. The first-order chi connectivity index (χ1) is 12.5. The van der Waals surface area contributed by atoms with Gasteiger partial charge in [0.2, 0.25) is 5.91 Å². The average Bonchev–Trinajstić information content (AvgIpc) is 2.63. The number of piperidine rings is 1. The van der Waals surface area contributed by atoms with E-state index in [2.05, 4.69) is 10.6 Å². The number of likely N-dealkylation sites (tertiary alicyclic amines) is 1. The van der Waals surface area contributed by atoms with Crippen LogP contribution in [-0.2, 0) is 9.59 Å². The van der Waals surface area contributed by atoms with Crippen LogP contribution < -0.4 is 10.6 Å². The van der Waals surface area contributed by atoms with Crippen LogP contribution >= 0.6 is 0 Å². The number of hydrogen-bond acceptors (Lipinski definition) is 3. The standard InChI is InChI=1S/C19H27N3O4/c1-2-16(14-6-4-3-5-7-14)18(25)22-12-9-15(10-13-22)21-19(26)20-11-8-17(23)24/h3-7,15-16H,2,8-13H2,1H3,(H,23,24)(H2,20,21,26). The second-order valence-electron chi connectivity index (χ2n) is 6.52. The molecule has 0 aliphatic carbocycles. The quantitative estimate of drug-likeness (QED) is 0.691. The van der Waals surface area contributed by atoms with Crippen molar-refractivity contribution in [2.75, 3.05) is 19.6 Å². The van der Waals surface area contributed by atoms with Crippen LogP contribution in [0.3, 0.4) is 0 Å². The van der Waals surface area contributed by atoms with Crippen LogP contribution in [0.2, 0.25) is 0 Å². The zero-order valence-electron chi connectivity index (χ0n) is 15.1. The minimum absolute atomic E-state index is 0.000630. The molecule has 26 heavy (non-hydrogen) atoms. The van der Waals surface area contributed by atoms with Crippen LogP contribution in [0.1, 0.15) is 44.1 Å². The molecule has 1 saturated heterocycles. The summed E-state index contributed by atoms with van der Waals surface area (Å²) in [5, 5.41) is 13.9. The van der Waals surface area contributed by atoms with Gasteiger partial charge in [0.05, 0.1) is 12.3 Å². The van der Waals surface area contributed by atoms with Crippen molar-refractivity contribution in [1.82, 2.24) is 15.5 Å². The van der Waals surface area contributed by atoms with Crippen LogP contribution in [0.25, 0.3) is 0 Å². The van der Waals surface area contributed by atoms with Gasteiger partial charge in [-0.2, -0.15) is 0 Å². The monoisotopic (exact) mass is 361 g/mol. The number of carbonyl (C=O) groups excluding carboxylic acids is 2. The van der Waals surface area contributed by atoms with Gasteiger partial charge in [0.15, 0.2) is 0 Å². The van der Waals surface area contributed by atoms with Crippen molar-refractivity contribution in [2.45, 2.75) is 44.6 Å². The minimum atomic E-state index is -0.944. The second kappa shape index (κ2) is 9.79. The van der Waals surface area contributed by atoms with Crippen molar-refractivity contribution < 1.29 is 19.5 Å². The van der Waals surface area contributed by atoms with Crippen LogP contribution in [0, 0.1) is 0 Å². The molecule has 1 unspecified atom stereocenters. The number of nitrogens with zero attached hydrogens (tertiary/aromatic N) is 1. The summed E-state index contributed by atoms with van der Waals surface area (Å²) < 4.78 is 0. The third kappa shape index (κ3) is 5.75. The summed E-state index contributed by atoms with van der Waals surface area (Å²) in [6, 6.07) is 9.46. The molecule has 7 nitrogen and oxygen atoms in total. The van der Waals surface area contributed by atoms with Gasteiger partial charge in [-0.15, -0.1) is 0 Å². The predicted octanol–water partition coefficient (Wildman–Crippen LogP) is 1.95. The summed E-state index contributed by atoms with van der Waals surface area (Å²) in [6.45, 7) is 3.35. The maximum Gasteiger partial charge on any atom is 0.315 e. The van der Waals surface area contributed by atoms with Crippen molar-refractivity contribution >= 4 is 17.9 Å². The van der Waals surface area contributed by atoms with Gasteiger partial charge < -0.3 is 20.6 Å². The molecule has 1 heterocycles. The summed E-state index contributed by atoms with van der Waals surface area (Å²) >= 11 is 0. The summed E-state index contributed by atoms with van der Waals surface area (Å²) in [5.74, 6) is -0.927. The Balaban J connectivity index is 1.79. The first kappa shape index (κ1) is 19.8. The highest BCUT2D eigenvalue weighted by Gasteiger charge is 2.28. The molecule has 1 aromatic rings. The van der Waals surface area contributed by atoms with E-state index in [1.165, 1.54) is 0 Å². The van der Waals surface area contributed by atoms with Crippen LogP contribution in [-0.4, -0.2) is 53.6 Å². The van der Waals surface area contributed by atoms with Crippen molar-refractivity contribution in [3.8, 4) is 0 Å². The molecule has 0 bridgehead atoms. The fraction of sp³-hybridized carbons (Fsp3) is 0.526. The maximum atomic E-state index is 12.8. The Morgan fingerprint density at radius 3 is 2.42 bits per heavy atom. The normalized spacial score (nSPS) is 16.0. The fourth-order valence-corrected chi connectivity index (χ4v) is 3.22. The summed E-state index contributed by atoms with van der Waals surface area (Å²) in [4.78, 5) is 36.9. The number of rotatable bonds is 7. The van der Waals surface area contributed by atoms with Crippen molar-refractivity contribution in [2.24, 2.45) is 0 Å². The molecule has 1 aliphatic heterocycles. The lowest BCUT2D eigenvalue weighted by Gasteiger charge is -2.34. The molecule has 3 amide bonds. The van der Waals surface area contributed by atoms with E-state index in [-0.39, 0.29) is 36.9 Å². The number of carboxylic acid groups (broad SMARTS) is 1. The number of nitrogens with one attached hydrogen (secondary N) is 2. The summed E-state index contributed by atoms with van der Waals surface area (Å²) in [5.41, 5.74) is 1.04. The van der Waals surface area contributed by atoms with Gasteiger partial charge in [-0.1, -0.05) is 37.3 Å². The lowest BCUT2D eigenvalue weighted by Crippen LogP contribution is -2.50. The van der Waals surface area contributed by atoms with Gasteiger partial charge in [0, 0.05) is 25.7 Å². The molecule has 1 aliphatic rings. The van der Waals surface area contributed by atoms with Gasteiger partial charge in [-0.05, 0) is 24.8 Å². The Bertz CT molecular complexity index is 612. The van der Waals surface area contributed by atoms with Crippen molar-refractivity contribution in [1.29, 1.82) is 0 Å². The molecule has 0 radical (unpaired) electrons. The van der Waals surface area contributed by atoms with Crippen molar-refractivity contribution in [3.05, 3.63) is 35.9 Å². The topological polar surface area (TPSA) is 98.7 Å². The van der Waals surface area contributed by atoms with Gasteiger partial charge in [0.25, 0.3) is 0 Å². The first-order valence-electron chi connectivity index (χ1n) is 9.11. The number of hydrogen-bond donors (Lipinski definition) is 3. The molecule has 0 spiro atoms. The molecule has 1 fully saturated rings. The largest absolute Gasteiger partial charge is 0.481 e. The molecular formula is C19H27N3O4. The third-order valence-electron chi connectivity index (χ3n) is 4.67. The Morgan fingerprint density at radius 1 is 1.19 bits per heavy atom. The van der Waals surface area contributed by atoms with E-state index in [0.29, 0.717) is 25.9 Å². The second-order valence-corrected chi connectivity index (χ2v) is 6.52. The van der Waals surface area contributed by atoms with E-state index in [1.807, 2.05) is 42.2 Å². The average molecular weight is 361 g/mol. The molecule has 142 valence electrons. The molecule has 2 rings (SSSR count). The van der Waals surface area contributed by atoms with Crippen LogP contribution in [0.4, 0.5) is 4.79 Å². The molecule has 3 N–H and O–H groups in total. The van der Waals surface area contributed by atoms with E-state index in [0.717, 1.165) is 12.0 Å². The van der Waals surface area contributed by atoms with E-state index >= 15 is 0 Å². The number of urea groups is 1. The molecule has 0 aromatic heterocycles. The molecule has 1 atom stereocenters. The number of aliphatic carboxylic acids is 1. The lowest BCUT2D eigenvalue weighted by molar-refractivity contribution is -0.137. The maximum absolute atomic E-state index is 12.8. The lowest BCUT2D eigenvalue weighted by atomic mass is 9.93. The molecular weight excluding hydrogens is 334 g/mol. The Kier molecular flexibility index (Phi) is 7.44. The van der Waals surface area contributed by atoms with E-state index in [1.54, 1.807) is 0 Å². The van der Waals surface area contributed by atoms with E-state index in [4.69, 9.17) is 5.11 Å². The molecule has 7 heteroatoms. The highest BCUT2D eigenvalue weighted by atomic mass is 16.4. The fourth-order valence-electron chi connectivity index (χ4n) is 3.22. The Labute approximate surface area is 153 Å². The van der Waals surface area contributed by atoms with Gasteiger partial charge in [0.1, 0.15) is 0 Å². The highest BCUT2D eigenvalue weighted by Crippen LogP contribution is 2.24. The zero-order chi connectivity index (χ0) is 18.9. The number of amides is 3. The third-order valence-corrected chi connectivity index (χ3v) is 4.67. The first-order valence-corrected chi connectivity index (χ1v) is 9.11. The molecule has 1 aromatic carbocycles. The summed E-state index contributed by atoms with van der Waals surface area (Å²) in [6.07, 6.45) is 2.05. The van der Waals surface area contributed by atoms with Gasteiger partial charge >= 0.3 is 12.0 Å². The van der Waals surface area contributed by atoms with E-state index in [9.17, 15) is 14.4 Å². The van der Waals surface area contributed by atoms with Gasteiger partial charge in [-0.3, -0.25) is 9.59 Å². The minimum Gasteiger partial charge on any atom is -0.481 e. The predicted molar refractivity (Wildman–Crippen MR) is 97.9 cm³/mol. The Morgan fingerprint density at radius 2 is 1.85 bits per heavy atom. The number of benzene rings is 1. The van der Waals surface area contributed by atoms with Gasteiger partial charge in [-0.25, -0.2) is 4.79 Å². The Hall–Kier alpha value is -2.57. The number of carboxylic acids is 1. The number of carbonyl (C=O) groups is 3. The zero-order valence-corrected chi connectivity index (χ0v) is 15.1. The van der Waals surface area contributed by atoms with Crippen LogP contribution in [0.5, 0.6) is 0 Å². The smallest absolute Gasteiger partial charge is 0.315 e. The highest BCUT2D eigenvalue weighted by molar-refractivity contribution is 5.84. The van der Waals surface area contributed by atoms with Crippen molar-refractivity contribution in [3.63, 3.8) is 0 Å². The van der Waals surface area contributed by atoms with E-state index < -0.39 is 5.97 Å².